The van der Waals surface area contributed by atoms with E-state index in [0.29, 0.717) is 13.1 Å². The molecule has 1 aliphatic rings. The normalized spacial score (nSPS) is 18.2. The molecule has 0 saturated heterocycles. The molecule has 0 fully saturated rings. The molecule has 3 aromatic rings. The first-order chi connectivity index (χ1) is 12.2. The van der Waals surface area contributed by atoms with Crippen molar-refractivity contribution in [1.29, 1.82) is 0 Å². The van der Waals surface area contributed by atoms with Crippen LogP contribution in [0.25, 0.3) is 0 Å². The number of hydrogen-bond acceptors (Lipinski definition) is 3. The van der Waals surface area contributed by atoms with Crippen molar-refractivity contribution in [3.8, 4) is 5.75 Å². The summed E-state index contributed by atoms with van der Waals surface area (Å²) in [4.78, 5) is 2.06. The Hall–Kier alpha value is -2.37. The van der Waals surface area contributed by atoms with E-state index in [9.17, 15) is 5.11 Å². The lowest BCUT2D eigenvalue weighted by molar-refractivity contribution is -0.683. The Bertz CT molecular complexity index is 871. The van der Waals surface area contributed by atoms with Gasteiger partial charge in [0.05, 0.1) is 13.3 Å². The van der Waals surface area contributed by atoms with Crippen molar-refractivity contribution in [3.05, 3.63) is 90.1 Å². The van der Waals surface area contributed by atoms with Crippen LogP contribution in [-0.2, 0) is 18.8 Å². The Morgan fingerprint density at radius 3 is 2.38 bits per heavy atom. The molecule has 0 bridgehead atoms. The molecule has 5 heteroatoms. The predicted molar refractivity (Wildman–Crippen MR) is 96.2 cm³/mol. The van der Waals surface area contributed by atoms with E-state index in [1.807, 2.05) is 79.0 Å². The highest BCUT2D eigenvalue weighted by molar-refractivity contribution is 5.44. The first-order valence-electron chi connectivity index (χ1n) is 8.38. The molecule has 2 aromatic carbocycles. The van der Waals surface area contributed by atoms with Gasteiger partial charge in [-0.1, -0.05) is 48.5 Å². The summed E-state index contributed by atoms with van der Waals surface area (Å²) < 4.78 is 7.33. The molecule has 26 heavy (non-hydrogen) atoms. The van der Waals surface area contributed by atoms with Gasteiger partial charge in [-0.05, 0) is 23.8 Å². The summed E-state index contributed by atoms with van der Waals surface area (Å²) in [6, 6.07) is 23.9. The fraction of sp³-hybridized carbons (Fsp3) is 0.190. The number of benzene rings is 2. The number of fused-ring (bicyclic) bond motifs is 1. The number of halogens is 1. The minimum atomic E-state index is -1.07. The summed E-state index contributed by atoms with van der Waals surface area (Å²) in [7, 11) is 1.66. The molecule has 1 atom stereocenters. The van der Waals surface area contributed by atoms with Crippen molar-refractivity contribution >= 4 is 5.82 Å². The number of rotatable bonds is 4. The summed E-state index contributed by atoms with van der Waals surface area (Å²) >= 11 is 0. The van der Waals surface area contributed by atoms with Gasteiger partial charge in [-0.2, -0.15) is 0 Å². The largest absolute Gasteiger partial charge is 1.00 e. The number of methoxy groups -OCH3 is 1. The Balaban J connectivity index is 0.00000196. The first kappa shape index (κ1) is 18.4. The lowest BCUT2D eigenvalue weighted by Gasteiger charge is -2.27. The number of ether oxygens (including phenoxy) is 1. The Kier molecular flexibility index (Phi) is 5.30. The smallest absolute Gasteiger partial charge is 0.279 e. The maximum atomic E-state index is 11.6. The number of anilines is 1. The average molecular weight is 413 g/mol. The van der Waals surface area contributed by atoms with E-state index in [4.69, 9.17) is 4.74 Å². The second-order valence-electron chi connectivity index (χ2n) is 6.30. The molecule has 1 aliphatic heterocycles. The predicted octanol–water partition coefficient (Wildman–Crippen LogP) is -0.148. The third kappa shape index (κ3) is 3.20. The van der Waals surface area contributed by atoms with Crippen LogP contribution in [0.4, 0.5) is 5.82 Å². The number of aliphatic hydroxyl groups is 1. The molecule has 2 heterocycles. The molecule has 1 N–H and O–H groups in total. The van der Waals surface area contributed by atoms with Crippen molar-refractivity contribution in [2.75, 3.05) is 12.0 Å². The molecule has 0 saturated carbocycles. The topological polar surface area (TPSA) is 36.6 Å². The van der Waals surface area contributed by atoms with Gasteiger partial charge >= 0.3 is 0 Å². The van der Waals surface area contributed by atoms with Crippen LogP contribution in [0.1, 0.15) is 11.1 Å². The molecule has 0 radical (unpaired) electrons. The van der Waals surface area contributed by atoms with Crippen LogP contribution in [-0.4, -0.2) is 12.2 Å². The lowest BCUT2D eigenvalue weighted by atomic mass is 10.0. The van der Waals surface area contributed by atoms with E-state index in [2.05, 4.69) is 9.47 Å². The van der Waals surface area contributed by atoms with Crippen molar-refractivity contribution in [2.24, 2.45) is 0 Å². The minimum absolute atomic E-state index is 0. The molecule has 134 valence electrons. The van der Waals surface area contributed by atoms with E-state index >= 15 is 0 Å². The molecular weight excluding hydrogens is 392 g/mol. The first-order valence-corrected chi connectivity index (χ1v) is 8.38. The van der Waals surface area contributed by atoms with Gasteiger partial charge in [0.1, 0.15) is 12.3 Å². The van der Waals surface area contributed by atoms with Crippen LogP contribution in [0.15, 0.2) is 79.0 Å². The maximum Gasteiger partial charge on any atom is 0.279 e. The Labute approximate surface area is 164 Å². The number of hydrogen-bond donors (Lipinski definition) is 1. The Morgan fingerprint density at radius 2 is 1.69 bits per heavy atom. The summed E-state index contributed by atoms with van der Waals surface area (Å²) in [5.74, 6) is 1.84. The van der Waals surface area contributed by atoms with Crippen LogP contribution in [0.3, 0.4) is 0 Å². The van der Waals surface area contributed by atoms with Crippen molar-refractivity contribution in [2.45, 2.75) is 18.8 Å². The average Bonchev–Trinajstić information content (AvgIpc) is 2.96. The number of pyridine rings is 1. The summed E-state index contributed by atoms with van der Waals surface area (Å²) in [5, 5.41) is 11.6. The highest BCUT2D eigenvalue weighted by Crippen LogP contribution is 2.36. The second-order valence-corrected chi connectivity index (χ2v) is 6.30. The standard InChI is InChI=1S/C21H21N2O2.BrH/c1-25-19-12-10-17(11-13-19)15-23-20-9-5-6-14-22(20)16-21(23,24)18-7-3-2-4-8-18;/h2-14,24H,15-16H2,1H3;1H/q+1;/p-1. The molecule has 0 spiro atoms. The van der Waals surface area contributed by atoms with Gasteiger partial charge in [-0.15, -0.1) is 0 Å². The fourth-order valence-corrected chi connectivity index (χ4v) is 3.44. The maximum absolute atomic E-state index is 11.6. The van der Waals surface area contributed by atoms with Gasteiger partial charge in [-0.3, -0.25) is 0 Å². The van der Waals surface area contributed by atoms with Gasteiger partial charge in [0.25, 0.3) is 11.5 Å². The van der Waals surface area contributed by atoms with Crippen LogP contribution < -0.4 is 31.2 Å². The Morgan fingerprint density at radius 1 is 1.00 bits per heavy atom. The molecule has 0 amide bonds. The zero-order chi connectivity index (χ0) is 17.3. The minimum Gasteiger partial charge on any atom is -1.00 e. The number of aromatic nitrogens is 1. The molecule has 1 unspecified atom stereocenters. The quantitative estimate of drug-likeness (QED) is 0.605. The van der Waals surface area contributed by atoms with Crippen LogP contribution in [0, 0.1) is 0 Å². The van der Waals surface area contributed by atoms with Gasteiger partial charge in [0.15, 0.2) is 6.54 Å². The van der Waals surface area contributed by atoms with Crippen molar-refractivity contribution in [1.82, 2.24) is 0 Å². The van der Waals surface area contributed by atoms with Crippen molar-refractivity contribution in [3.63, 3.8) is 0 Å². The van der Waals surface area contributed by atoms with Gasteiger partial charge in [0.2, 0.25) is 0 Å². The van der Waals surface area contributed by atoms with E-state index in [0.717, 1.165) is 22.7 Å². The third-order valence-corrected chi connectivity index (χ3v) is 4.77. The lowest BCUT2D eigenvalue weighted by Crippen LogP contribution is -3.00. The molecule has 4 nitrogen and oxygen atoms in total. The summed E-state index contributed by atoms with van der Waals surface area (Å²) in [6.45, 7) is 1.11. The summed E-state index contributed by atoms with van der Waals surface area (Å²) in [5.41, 5.74) is 0.940. The van der Waals surface area contributed by atoms with E-state index in [1.165, 1.54) is 0 Å². The summed E-state index contributed by atoms with van der Waals surface area (Å²) in [6.07, 6.45) is 2.01. The molecule has 0 aliphatic carbocycles. The zero-order valence-corrected chi connectivity index (χ0v) is 16.1. The second kappa shape index (κ2) is 7.48. The molecule has 4 rings (SSSR count). The third-order valence-electron chi connectivity index (χ3n) is 4.77. The highest BCUT2D eigenvalue weighted by atomic mass is 79.9. The van der Waals surface area contributed by atoms with Crippen molar-refractivity contribution < 1.29 is 31.4 Å². The van der Waals surface area contributed by atoms with E-state index in [-0.39, 0.29) is 17.0 Å². The monoisotopic (exact) mass is 412 g/mol. The number of nitrogens with zero attached hydrogens (tertiary/aromatic N) is 2. The van der Waals surface area contributed by atoms with Gasteiger partial charge in [0, 0.05) is 11.6 Å². The molecular formula is C21H21BrN2O2. The van der Waals surface area contributed by atoms with E-state index < -0.39 is 5.72 Å². The molecule has 1 aromatic heterocycles. The van der Waals surface area contributed by atoms with Gasteiger partial charge in [-0.25, -0.2) is 9.47 Å². The fourth-order valence-electron chi connectivity index (χ4n) is 3.44. The van der Waals surface area contributed by atoms with Crippen LogP contribution >= 0.6 is 0 Å². The highest BCUT2D eigenvalue weighted by Gasteiger charge is 2.51. The van der Waals surface area contributed by atoms with E-state index in [1.54, 1.807) is 7.11 Å². The van der Waals surface area contributed by atoms with Crippen LogP contribution in [0.2, 0.25) is 0 Å². The van der Waals surface area contributed by atoms with Gasteiger partial charge < -0.3 is 26.8 Å². The SMILES string of the molecule is COc1ccc(CN2c3cccc[n+]3CC2(O)c2ccccc2)cc1.[Br-]. The van der Waals surface area contributed by atoms with Crippen LogP contribution in [0.5, 0.6) is 5.75 Å². The zero-order valence-electron chi connectivity index (χ0n) is 14.5.